The predicted molar refractivity (Wildman–Crippen MR) is 61.5 cm³/mol. The van der Waals surface area contributed by atoms with Gasteiger partial charge in [-0.1, -0.05) is 0 Å². The normalized spacial score (nSPS) is 12.9. The first-order valence-electron chi connectivity index (χ1n) is 5.22. The maximum atomic E-state index is 11.2. The molecule has 0 aliphatic heterocycles. The first kappa shape index (κ1) is 10.8. The van der Waals surface area contributed by atoms with E-state index in [0.717, 1.165) is 11.0 Å². The number of nitrogens with zero attached hydrogens (tertiary/aromatic N) is 2. The van der Waals surface area contributed by atoms with E-state index < -0.39 is 0 Å². The van der Waals surface area contributed by atoms with E-state index >= 15 is 0 Å². The molecule has 0 fully saturated rings. The van der Waals surface area contributed by atoms with E-state index in [9.17, 15) is 4.79 Å². The molecule has 1 N–H and O–H groups in total. The molecular formula is C12H14N2O2. The van der Waals surface area contributed by atoms with Crippen molar-refractivity contribution in [3.63, 3.8) is 0 Å². The Hall–Kier alpha value is -1.68. The van der Waals surface area contributed by atoms with Gasteiger partial charge in [-0.05, 0) is 32.0 Å². The van der Waals surface area contributed by atoms with Crippen LogP contribution >= 0.6 is 0 Å². The van der Waals surface area contributed by atoms with Gasteiger partial charge in [-0.3, -0.25) is 4.79 Å². The highest BCUT2D eigenvalue weighted by Crippen LogP contribution is 2.19. The van der Waals surface area contributed by atoms with E-state index in [1.54, 1.807) is 18.5 Å². The molecule has 1 atom stereocenters. The second-order valence-corrected chi connectivity index (χ2v) is 3.94. The Morgan fingerprint density at radius 2 is 2.31 bits per heavy atom. The van der Waals surface area contributed by atoms with E-state index in [-0.39, 0.29) is 18.4 Å². The van der Waals surface area contributed by atoms with Crippen LogP contribution in [0.25, 0.3) is 11.0 Å². The summed E-state index contributed by atoms with van der Waals surface area (Å²) in [7, 11) is 0. The number of imidazole rings is 1. The number of ketones is 1. The average Bonchev–Trinajstić information content (AvgIpc) is 2.70. The Morgan fingerprint density at radius 1 is 1.56 bits per heavy atom. The number of carbonyl (C=O) groups excluding carboxylic acids is 1. The minimum atomic E-state index is -0.00632. The predicted octanol–water partition coefficient (Wildman–Crippen LogP) is 1.79. The molecule has 0 bridgehead atoms. The molecule has 0 aliphatic carbocycles. The van der Waals surface area contributed by atoms with E-state index in [0.29, 0.717) is 5.56 Å². The molecule has 1 aromatic carbocycles. The lowest BCUT2D eigenvalue weighted by molar-refractivity contribution is 0.101. The zero-order chi connectivity index (χ0) is 11.7. The number of aromatic nitrogens is 2. The summed E-state index contributed by atoms with van der Waals surface area (Å²) in [4.78, 5) is 15.4. The second kappa shape index (κ2) is 4.06. The Morgan fingerprint density at radius 3 is 2.94 bits per heavy atom. The van der Waals surface area contributed by atoms with Crippen molar-refractivity contribution in [1.29, 1.82) is 0 Å². The number of carbonyl (C=O) groups is 1. The molecule has 84 valence electrons. The van der Waals surface area contributed by atoms with Gasteiger partial charge in [0.2, 0.25) is 0 Å². The van der Waals surface area contributed by atoms with Crippen molar-refractivity contribution in [2.24, 2.45) is 0 Å². The number of benzene rings is 1. The molecule has 2 aromatic rings. The lowest BCUT2D eigenvalue weighted by atomic mass is 10.1. The third-order valence-corrected chi connectivity index (χ3v) is 2.72. The molecule has 0 unspecified atom stereocenters. The van der Waals surface area contributed by atoms with E-state index in [2.05, 4.69) is 4.98 Å². The lowest BCUT2D eigenvalue weighted by Crippen LogP contribution is -2.07. The zero-order valence-electron chi connectivity index (χ0n) is 9.34. The number of aliphatic hydroxyl groups is 1. The SMILES string of the molecule is CC(=O)c1ccc2c(c1)ncn2[C@@H](C)CO. The van der Waals surface area contributed by atoms with Gasteiger partial charge in [-0.25, -0.2) is 4.98 Å². The summed E-state index contributed by atoms with van der Waals surface area (Å²) >= 11 is 0. The minimum absolute atomic E-state index is 0.00632. The lowest BCUT2D eigenvalue weighted by Gasteiger charge is -2.10. The second-order valence-electron chi connectivity index (χ2n) is 3.94. The summed E-state index contributed by atoms with van der Waals surface area (Å²) in [5, 5.41) is 9.11. The molecule has 16 heavy (non-hydrogen) atoms. The smallest absolute Gasteiger partial charge is 0.159 e. The molecule has 1 aromatic heterocycles. The summed E-state index contributed by atoms with van der Waals surface area (Å²) in [5.74, 6) is 0.0339. The third-order valence-electron chi connectivity index (χ3n) is 2.72. The molecule has 0 saturated heterocycles. The summed E-state index contributed by atoms with van der Waals surface area (Å²) in [6.07, 6.45) is 1.69. The summed E-state index contributed by atoms with van der Waals surface area (Å²) in [6.45, 7) is 3.52. The van der Waals surface area contributed by atoms with Crippen molar-refractivity contribution in [2.75, 3.05) is 6.61 Å². The van der Waals surface area contributed by atoms with Crippen molar-refractivity contribution in [2.45, 2.75) is 19.9 Å². The topological polar surface area (TPSA) is 55.1 Å². The van der Waals surface area contributed by atoms with Crippen LogP contribution in [0.5, 0.6) is 0 Å². The van der Waals surface area contributed by atoms with Crippen LogP contribution in [0.1, 0.15) is 30.2 Å². The molecule has 0 aliphatic rings. The van der Waals surface area contributed by atoms with Crippen LogP contribution in [0.4, 0.5) is 0 Å². The van der Waals surface area contributed by atoms with Gasteiger partial charge in [0.15, 0.2) is 5.78 Å². The van der Waals surface area contributed by atoms with E-state index in [1.807, 2.05) is 17.6 Å². The van der Waals surface area contributed by atoms with Crippen LogP contribution in [0.2, 0.25) is 0 Å². The molecule has 0 spiro atoms. The molecular weight excluding hydrogens is 204 g/mol. The van der Waals surface area contributed by atoms with Gasteiger partial charge in [0, 0.05) is 5.56 Å². The highest BCUT2D eigenvalue weighted by molar-refractivity contribution is 5.97. The average molecular weight is 218 g/mol. The summed E-state index contributed by atoms with van der Waals surface area (Å²) in [5.41, 5.74) is 2.38. The van der Waals surface area contributed by atoms with Gasteiger partial charge >= 0.3 is 0 Å². The van der Waals surface area contributed by atoms with E-state index in [1.165, 1.54) is 6.92 Å². The van der Waals surface area contributed by atoms with Gasteiger partial charge in [-0.15, -0.1) is 0 Å². The molecule has 0 radical (unpaired) electrons. The molecule has 2 rings (SSSR count). The fourth-order valence-electron chi connectivity index (χ4n) is 1.69. The molecule has 0 saturated carbocycles. The zero-order valence-corrected chi connectivity index (χ0v) is 9.34. The maximum Gasteiger partial charge on any atom is 0.159 e. The Kier molecular flexibility index (Phi) is 2.75. The monoisotopic (exact) mass is 218 g/mol. The summed E-state index contributed by atoms with van der Waals surface area (Å²) < 4.78 is 1.90. The number of fused-ring (bicyclic) bond motifs is 1. The van der Waals surface area contributed by atoms with Gasteiger partial charge in [-0.2, -0.15) is 0 Å². The highest BCUT2D eigenvalue weighted by Gasteiger charge is 2.09. The van der Waals surface area contributed by atoms with Crippen LogP contribution in [0, 0.1) is 0 Å². The van der Waals surface area contributed by atoms with Crippen LogP contribution in [0.15, 0.2) is 24.5 Å². The van der Waals surface area contributed by atoms with Gasteiger partial charge in [0.05, 0.1) is 30.0 Å². The molecule has 0 amide bonds. The quantitative estimate of drug-likeness (QED) is 0.799. The third kappa shape index (κ3) is 1.72. The Balaban J connectivity index is 2.54. The van der Waals surface area contributed by atoms with Gasteiger partial charge < -0.3 is 9.67 Å². The molecule has 1 heterocycles. The number of Topliss-reactive ketones (excluding diaryl/α,β-unsaturated/α-hetero) is 1. The summed E-state index contributed by atoms with van der Waals surface area (Å²) in [6, 6.07) is 5.42. The maximum absolute atomic E-state index is 11.2. The minimum Gasteiger partial charge on any atom is -0.394 e. The number of rotatable bonds is 3. The highest BCUT2D eigenvalue weighted by atomic mass is 16.3. The molecule has 4 heteroatoms. The van der Waals surface area contributed by atoms with Crippen molar-refractivity contribution >= 4 is 16.8 Å². The Bertz CT molecular complexity index is 531. The van der Waals surface area contributed by atoms with E-state index in [4.69, 9.17) is 5.11 Å². The van der Waals surface area contributed by atoms with Crippen molar-refractivity contribution in [3.8, 4) is 0 Å². The fourth-order valence-corrected chi connectivity index (χ4v) is 1.69. The fraction of sp³-hybridized carbons (Fsp3) is 0.333. The van der Waals surface area contributed by atoms with Crippen molar-refractivity contribution in [1.82, 2.24) is 9.55 Å². The first-order valence-corrected chi connectivity index (χ1v) is 5.22. The van der Waals surface area contributed by atoms with Crippen LogP contribution in [-0.2, 0) is 0 Å². The van der Waals surface area contributed by atoms with Crippen molar-refractivity contribution in [3.05, 3.63) is 30.1 Å². The largest absolute Gasteiger partial charge is 0.394 e. The number of aliphatic hydroxyl groups excluding tert-OH is 1. The number of hydrogen-bond donors (Lipinski definition) is 1. The Labute approximate surface area is 93.5 Å². The van der Waals surface area contributed by atoms with Gasteiger partial charge in [0.1, 0.15) is 0 Å². The first-order chi connectivity index (χ1) is 7.63. The van der Waals surface area contributed by atoms with Gasteiger partial charge in [0.25, 0.3) is 0 Å². The number of hydrogen-bond acceptors (Lipinski definition) is 3. The molecule has 4 nitrogen and oxygen atoms in total. The van der Waals surface area contributed by atoms with Crippen LogP contribution < -0.4 is 0 Å². The van der Waals surface area contributed by atoms with Crippen LogP contribution in [-0.4, -0.2) is 27.0 Å². The van der Waals surface area contributed by atoms with Crippen LogP contribution in [0.3, 0.4) is 0 Å². The van der Waals surface area contributed by atoms with Crippen molar-refractivity contribution < 1.29 is 9.90 Å². The standard InChI is InChI=1S/C12H14N2O2/c1-8(6-15)14-7-13-11-5-10(9(2)16)3-4-12(11)14/h3-5,7-8,15H,6H2,1-2H3/t8-/m0/s1.